The fraction of sp³-hybridized carbons (Fsp3) is 0.450. The number of amides is 3. The summed E-state index contributed by atoms with van der Waals surface area (Å²) in [5, 5.41) is 24.2. The first-order chi connectivity index (χ1) is 14.9. The molecule has 0 unspecified atom stereocenters. The van der Waals surface area contributed by atoms with Crippen LogP contribution in [0.1, 0.15) is 38.7 Å². The van der Waals surface area contributed by atoms with E-state index in [1.807, 2.05) is 13.8 Å². The van der Waals surface area contributed by atoms with Gasteiger partial charge in [0.15, 0.2) is 0 Å². The van der Waals surface area contributed by atoms with Crippen molar-refractivity contribution in [3.8, 4) is 0 Å². The number of rotatable bonds is 10. The standard InChI is InChI=1S/C20H27Cl2N5O5/c1-10(2)8-14(23)18(30)25-15(19(31)32)6-7-16(28)26-20(24)27-17(29)9-11-12(21)4-3-5-13(11)22/h3-5,10,14-15H,6-9,23H2,1-2H3,(H,25,30)(H,31,32)(H3,24,26,27,28,29)/t14-,15+/m1/s1. The molecule has 0 aliphatic rings. The van der Waals surface area contributed by atoms with Crippen molar-refractivity contribution in [1.29, 1.82) is 5.41 Å². The van der Waals surface area contributed by atoms with Crippen molar-refractivity contribution in [3.05, 3.63) is 33.8 Å². The molecule has 2 atom stereocenters. The van der Waals surface area contributed by atoms with Gasteiger partial charge in [-0.05, 0) is 36.5 Å². The van der Waals surface area contributed by atoms with E-state index in [0.29, 0.717) is 12.0 Å². The molecule has 0 saturated carbocycles. The highest BCUT2D eigenvalue weighted by molar-refractivity contribution is 6.36. The average Bonchev–Trinajstić information content (AvgIpc) is 2.66. The molecule has 32 heavy (non-hydrogen) atoms. The molecule has 1 aromatic rings. The fourth-order valence-corrected chi connectivity index (χ4v) is 3.24. The molecular weight excluding hydrogens is 461 g/mol. The number of benzene rings is 1. The molecule has 0 saturated heterocycles. The van der Waals surface area contributed by atoms with Gasteiger partial charge in [-0.25, -0.2) is 4.79 Å². The van der Waals surface area contributed by atoms with Gasteiger partial charge in [0, 0.05) is 16.5 Å². The Morgan fingerprint density at radius 1 is 1.09 bits per heavy atom. The molecule has 0 aliphatic carbocycles. The molecule has 176 valence electrons. The molecule has 0 radical (unpaired) electrons. The van der Waals surface area contributed by atoms with E-state index >= 15 is 0 Å². The molecule has 0 aliphatic heterocycles. The molecule has 1 rings (SSSR count). The maximum absolute atomic E-state index is 12.1. The Bertz CT molecular complexity index is 858. The summed E-state index contributed by atoms with van der Waals surface area (Å²) in [7, 11) is 0. The highest BCUT2D eigenvalue weighted by Gasteiger charge is 2.24. The lowest BCUT2D eigenvalue weighted by Gasteiger charge is -2.18. The van der Waals surface area contributed by atoms with Crippen LogP contribution in [0.15, 0.2) is 18.2 Å². The second kappa shape index (κ2) is 13.0. The fourth-order valence-electron chi connectivity index (χ4n) is 2.71. The molecule has 0 spiro atoms. The zero-order chi connectivity index (χ0) is 24.4. The van der Waals surface area contributed by atoms with E-state index in [0.717, 1.165) is 0 Å². The Labute approximate surface area is 195 Å². The van der Waals surface area contributed by atoms with Crippen LogP contribution in [0.4, 0.5) is 0 Å². The van der Waals surface area contributed by atoms with Crippen LogP contribution in [0, 0.1) is 11.3 Å². The van der Waals surface area contributed by atoms with Crippen LogP contribution in [-0.2, 0) is 25.6 Å². The lowest BCUT2D eigenvalue weighted by Crippen LogP contribution is -2.49. The molecule has 3 amide bonds. The van der Waals surface area contributed by atoms with E-state index in [1.165, 1.54) is 0 Å². The number of guanidine groups is 1. The van der Waals surface area contributed by atoms with E-state index in [9.17, 15) is 24.3 Å². The normalized spacial score (nSPS) is 12.6. The number of carboxylic acids is 1. The highest BCUT2D eigenvalue weighted by Crippen LogP contribution is 2.24. The maximum Gasteiger partial charge on any atom is 0.326 e. The van der Waals surface area contributed by atoms with Gasteiger partial charge < -0.3 is 16.2 Å². The average molecular weight is 488 g/mol. The number of nitrogens with one attached hydrogen (secondary N) is 4. The van der Waals surface area contributed by atoms with Crippen LogP contribution in [0.2, 0.25) is 10.0 Å². The van der Waals surface area contributed by atoms with Crippen molar-refractivity contribution in [3.63, 3.8) is 0 Å². The van der Waals surface area contributed by atoms with Gasteiger partial charge in [0.2, 0.25) is 23.7 Å². The Balaban J connectivity index is 2.52. The number of carbonyl (C=O) groups excluding carboxylic acids is 3. The summed E-state index contributed by atoms with van der Waals surface area (Å²) >= 11 is 12.0. The monoisotopic (exact) mass is 487 g/mol. The second-order valence-corrected chi connectivity index (χ2v) is 8.34. The number of halogens is 2. The van der Waals surface area contributed by atoms with Crippen molar-refractivity contribution in [2.45, 2.75) is 51.6 Å². The van der Waals surface area contributed by atoms with Crippen molar-refractivity contribution >= 4 is 52.9 Å². The van der Waals surface area contributed by atoms with E-state index in [4.69, 9.17) is 34.3 Å². The first-order valence-electron chi connectivity index (χ1n) is 9.80. The highest BCUT2D eigenvalue weighted by atomic mass is 35.5. The summed E-state index contributed by atoms with van der Waals surface area (Å²) < 4.78 is 0. The molecule has 0 bridgehead atoms. The molecule has 7 N–H and O–H groups in total. The molecule has 0 heterocycles. The Morgan fingerprint density at radius 3 is 2.19 bits per heavy atom. The number of carbonyl (C=O) groups is 4. The molecule has 1 aromatic carbocycles. The lowest BCUT2D eigenvalue weighted by molar-refractivity contribution is -0.142. The summed E-state index contributed by atoms with van der Waals surface area (Å²) in [6.45, 7) is 3.76. The third-order valence-electron chi connectivity index (χ3n) is 4.26. The van der Waals surface area contributed by atoms with Crippen molar-refractivity contribution in [1.82, 2.24) is 16.0 Å². The number of hydrogen-bond acceptors (Lipinski definition) is 6. The second-order valence-electron chi connectivity index (χ2n) is 7.52. The Morgan fingerprint density at radius 2 is 1.66 bits per heavy atom. The van der Waals surface area contributed by atoms with Crippen LogP contribution in [-0.4, -0.2) is 46.8 Å². The summed E-state index contributed by atoms with van der Waals surface area (Å²) in [4.78, 5) is 47.5. The minimum absolute atomic E-state index is 0.153. The first-order valence-corrected chi connectivity index (χ1v) is 10.6. The zero-order valence-corrected chi connectivity index (χ0v) is 19.2. The smallest absolute Gasteiger partial charge is 0.326 e. The number of nitrogens with two attached hydrogens (primary N) is 1. The third kappa shape index (κ3) is 9.63. The lowest BCUT2D eigenvalue weighted by atomic mass is 10.0. The van der Waals surface area contributed by atoms with Crippen molar-refractivity contribution in [2.24, 2.45) is 11.7 Å². The van der Waals surface area contributed by atoms with Gasteiger partial charge in [-0.1, -0.05) is 43.1 Å². The molecule has 10 nitrogen and oxygen atoms in total. The van der Waals surface area contributed by atoms with Gasteiger partial charge in [-0.15, -0.1) is 0 Å². The largest absolute Gasteiger partial charge is 0.480 e. The number of aliphatic carboxylic acids is 1. The number of hydrogen-bond donors (Lipinski definition) is 6. The van der Waals surface area contributed by atoms with E-state index < -0.39 is 41.7 Å². The summed E-state index contributed by atoms with van der Waals surface area (Å²) in [6.07, 6.45) is -0.363. The third-order valence-corrected chi connectivity index (χ3v) is 4.97. The maximum atomic E-state index is 12.1. The van der Waals surface area contributed by atoms with Crippen molar-refractivity contribution < 1.29 is 24.3 Å². The first kappa shape index (κ1) is 27.3. The van der Waals surface area contributed by atoms with Crippen molar-refractivity contribution in [2.75, 3.05) is 0 Å². The van der Waals surface area contributed by atoms with E-state index in [-0.39, 0.29) is 35.2 Å². The minimum atomic E-state index is -1.32. The van der Waals surface area contributed by atoms with Gasteiger partial charge in [0.1, 0.15) is 6.04 Å². The van der Waals surface area contributed by atoms with Gasteiger partial charge in [0.05, 0.1) is 12.5 Å². The van der Waals surface area contributed by atoms with Crippen LogP contribution in [0.5, 0.6) is 0 Å². The molecule has 0 fully saturated rings. The van der Waals surface area contributed by atoms with E-state index in [1.54, 1.807) is 18.2 Å². The quantitative estimate of drug-likeness (QED) is 0.215. The Kier molecular flexibility index (Phi) is 11.1. The minimum Gasteiger partial charge on any atom is -0.480 e. The van der Waals surface area contributed by atoms with Gasteiger partial charge in [-0.3, -0.25) is 30.4 Å². The predicted molar refractivity (Wildman–Crippen MR) is 120 cm³/mol. The van der Waals surface area contributed by atoms with Crippen LogP contribution < -0.4 is 21.7 Å². The van der Waals surface area contributed by atoms with Crippen LogP contribution in [0.3, 0.4) is 0 Å². The number of carboxylic acid groups (broad SMARTS) is 1. The molecule has 12 heteroatoms. The topological polar surface area (TPSA) is 174 Å². The summed E-state index contributed by atoms with van der Waals surface area (Å²) in [5.74, 6) is -3.70. The van der Waals surface area contributed by atoms with Gasteiger partial charge in [-0.2, -0.15) is 0 Å². The van der Waals surface area contributed by atoms with Gasteiger partial charge in [0.25, 0.3) is 0 Å². The molecular formula is C20H27Cl2N5O5. The van der Waals surface area contributed by atoms with Gasteiger partial charge >= 0.3 is 5.97 Å². The summed E-state index contributed by atoms with van der Waals surface area (Å²) in [6, 6.07) is 2.57. The van der Waals surface area contributed by atoms with Crippen LogP contribution >= 0.6 is 23.2 Å². The predicted octanol–water partition coefficient (Wildman–Crippen LogP) is 1.43. The van der Waals surface area contributed by atoms with E-state index in [2.05, 4.69) is 16.0 Å². The Hall–Kier alpha value is -2.69. The summed E-state index contributed by atoms with van der Waals surface area (Å²) in [5.41, 5.74) is 6.12. The molecule has 0 aromatic heterocycles. The SMILES string of the molecule is CC(C)C[C@@H](N)C(=O)N[C@@H](CCC(=O)NC(=N)NC(=O)Cc1c(Cl)cccc1Cl)C(=O)O. The van der Waals surface area contributed by atoms with Crippen LogP contribution in [0.25, 0.3) is 0 Å². The zero-order valence-electron chi connectivity index (χ0n) is 17.7.